The van der Waals surface area contributed by atoms with Gasteiger partial charge in [-0.15, -0.1) is 11.3 Å². The van der Waals surface area contributed by atoms with E-state index in [1.54, 1.807) is 17.7 Å². The highest BCUT2D eigenvalue weighted by atomic mass is 32.1. The van der Waals surface area contributed by atoms with Gasteiger partial charge >= 0.3 is 0 Å². The van der Waals surface area contributed by atoms with Crippen LogP contribution in [-0.4, -0.2) is 28.5 Å². The summed E-state index contributed by atoms with van der Waals surface area (Å²) in [6.07, 6.45) is 2.47. The molecule has 18 heavy (non-hydrogen) atoms. The van der Waals surface area contributed by atoms with Gasteiger partial charge in [0.1, 0.15) is 18.0 Å². The quantitative estimate of drug-likeness (QED) is 0.866. The average molecular weight is 263 g/mol. The van der Waals surface area contributed by atoms with Crippen LogP contribution in [0.25, 0.3) is 0 Å². The lowest BCUT2D eigenvalue weighted by molar-refractivity contribution is 0.953. The van der Waals surface area contributed by atoms with Gasteiger partial charge in [-0.2, -0.15) is 0 Å². The molecule has 2 aromatic heterocycles. The second kappa shape index (κ2) is 5.77. The van der Waals surface area contributed by atoms with Gasteiger partial charge in [-0.05, 0) is 13.8 Å². The molecule has 0 unspecified atom stereocenters. The van der Waals surface area contributed by atoms with E-state index in [1.165, 1.54) is 0 Å². The van der Waals surface area contributed by atoms with E-state index in [-0.39, 0.29) is 0 Å². The zero-order valence-electron chi connectivity index (χ0n) is 10.8. The molecule has 0 fully saturated rings. The minimum Gasteiger partial charge on any atom is -0.373 e. The Kier molecular flexibility index (Phi) is 4.09. The highest BCUT2D eigenvalue weighted by Gasteiger charge is 2.05. The Balaban J connectivity index is 1.94. The SMILES string of the molecule is CNc1ncnc(NCCc2csc(C)n2)c1C. The Bertz CT molecular complexity index is 523. The first kappa shape index (κ1) is 12.8. The molecule has 0 aliphatic heterocycles. The molecule has 0 saturated heterocycles. The first-order valence-corrected chi connectivity index (χ1v) is 6.73. The molecular weight excluding hydrogens is 246 g/mol. The number of nitrogens with one attached hydrogen (secondary N) is 2. The van der Waals surface area contributed by atoms with Crippen molar-refractivity contribution >= 4 is 23.0 Å². The van der Waals surface area contributed by atoms with Crippen LogP contribution in [0, 0.1) is 13.8 Å². The van der Waals surface area contributed by atoms with E-state index in [4.69, 9.17) is 0 Å². The van der Waals surface area contributed by atoms with Crippen LogP contribution in [0.5, 0.6) is 0 Å². The van der Waals surface area contributed by atoms with Crippen molar-refractivity contribution < 1.29 is 0 Å². The van der Waals surface area contributed by atoms with Crippen molar-refractivity contribution in [2.45, 2.75) is 20.3 Å². The minimum absolute atomic E-state index is 0.824. The Morgan fingerprint density at radius 3 is 2.67 bits per heavy atom. The van der Waals surface area contributed by atoms with Crippen molar-refractivity contribution in [3.05, 3.63) is 28.0 Å². The van der Waals surface area contributed by atoms with Crippen molar-refractivity contribution in [2.24, 2.45) is 0 Å². The average Bonchev–Trinajstić information content (AvgIpc) is 2.77. The van der Waals surface area contributed by atoms with Crippen molar-refractivity contribution in [3.63, 3.8) is 0 Å². The van der Waals surface area contributed by atoms with E-state index < -0.39 is 0 Å². The summed E-state index contributed by atoms with van der Waals surface area (Å²) in [5.41, 5.74) is 2.17. The topological polar surface area (TPSA) is 62.7 Å². The number of aromatic nitrogens is 3. The lowest BCUT2D eigenvalue weighted by Gasteiger charge is -2.10. The maximum Gasteiger partial charge on any atom is 0.134 e. The zero-order valence-corrected chi connectivity index (χ0v) is 11.6. The van der Waals surface area contributed by atoms with Crippen molar-refractivity contribution in [2.75, 3.05) is 24.2 Å². The van der Waals surface area contributed by atoms with Crippen LogP contribution in [0.4, 0.5) is 11.6 Å². The smallest absolute Gasteiger partial charge is 0.134 e. The Morgan fingerprint density at radius 1 is 1.22 bits per heavy atom. The summed E-state index contributed by atoms with van der Waals surface area (Å²) in [4.78, 5) is 12.8. The molecule has 2 rings (SSSR count). The summed E-state index contributed by atoms with van der Waals surface area (Å²) >= 11 is 1.69. The van der Waals surface area contributed by atoms with Crippen LogP contribution in [0.15, 0.2) is 11.7 Å². The van der Waals surface area contributed by atoms with Gasteiger partial charge in [-0.3, -0.25) is 0 Å². The van der Waals surface area contributed by atoms with E-state index in [1.807, 2.05) is 20.9 Å². The third kappa shape index (κ3) is 2.95. The summed E-state index contributed by atoms with van der Waals surface area (Å²) < 4.78 is 0. The van der Waals surface area contributed by atoms with E-state index in [0.717, 1.165) is 40.9 Å². The van der Waals surface area contributed by atoms with Gasteiger partial charge in [-0.1, -0.05) is 0 Å². The van der Waals surface area contributed by atoms with Gasteiger partial charge in [0, 0.05) is 31.0 Å². The number of anilines is 2. The van der Waals surface area contributed by atoms with Crippen molar-refractivity contribution in [1.82, 2.24) is 15.0 Å². The maximum absolute atomic E-state index is 4.43. The molecule has 0 amide bonds. The fourth-order valence-corrected chi connectivity index (χ4v) is 2.36. The van der Waals surface area contributed by atoms with E-state index in [9.17, 15) is 0 Å². The number of thiazole rings is 1. The van der Waals surface area contributed by atoms with Gasteiger partial charge in [-0.25, -0.2) is 15.0 Å². The maximum atomic E-state index is 4.43. The summed E-state index contributed by atoms with van der Waals surface area (Å²) in [6.45, 7) is 4.85. The zero-order chi connectivity index (χ0) is 13.0. The van der Waals surface area contributed by atoms with Crippen LogP contribution in [0.1, 0.15) is 16.3 Å². The molecule has 0 aromatic carbocycles. The lowest BCUT2D eigenvalue weighted by Crippen LogP contribution is -2.09. The number of hydrogen-bond donors (Lipinski definition) is 2. The summed E-state index contributed by atoms with van der Waals surface area (Å²) in [5, 5.41) is 9.58. The van der Waals surface area contributed by atoms with Crippen molar-refractivity contribution in [1.29, 1.82) is 0 Å². The molecule has 6 heteroatoms. The monoisotopic (exact) mass is 263 g/mol. The largest absolute Gasteiger partial charge is 0.373 e. The molecule has 2 heterocycles. The predicted molar refractivity (Wildman–Crippen MR) is 75.4 cm³/mol. The Hall–Kier alpha value is -1.69. The first-order chi connectivity index (χ1) is 8.70. The standard InChI is InChI=1S/C12H17N5S/c1-8-11(13-3)15-7-16-12(8)14-5-4-10-6-18-9(2)17-10/h6-7H,4-5H2,1-3H3,(H2,13,14,15,16). The summed E-state index contributed by atoms with van der Waals surface area (Å²) in [7, 11) is 1.86. The van der Waals surface area contributed by atoms with E-state index in [0.29, 0.717) is 0 Å². The predicted octanol–water partition coefficient (Wildman–Crippen LogP) is 2.25. The molecule has 5 nitrogen and oxygen atoms in total. The molecule has 0 saturated carbocycles. The van der Waals surface area contributed by atoms with Crippen LogP contribution >= 0.6 is 11.3 Å². The van der Waals surface area contributed by atoms with Gasteiger partial charge in [0.05, 0.1) is 10.7 Å². The van der Waals surface area contributed by atoms with Crippen LogP contribution < -0.4 is 10.6 Å². The molecule has 0 aliphatic carbocycles. The Labute approximate surface area is 111 Å². The number of hydrogen-bond acceptors (Lipinski definition) is 6. The Morgan fingerprint density at radius 2 is 2.00 bits per heavy atom. The number of rotatable bonds is 5. The van der Waals surface area contributed by atoms with Crippen molar-refractivity contribution in [3.8, 4) is 0 Å². The molecule has 0 atom stereocenters. The highest BCUT2D eigenvalue weighted by molar-refractivity contribution is 7.09. The normalized spacial score (nSPS) is 10.4. The third-order valence-electron chi connectivity index (χ3n) is 2.66. The molecule has 0 aliphatic rings. The molecule has 96 valence electrons. The molecule has 0 radical (unpaired) electrons. The summed E-state index contributed by atoms with van der Waals surface area (Å²) in [6, 6.07) is 0. The molecule has 2 N–H and O–H groups in total. The van der Waals surface area contributed by atoms with Crippen LogP contribution in [0.2, 0.25) is 0 Å². The van der Waals surface area contributed by atoms with Gasteiger partial charge in [0.2, 0.25) is 0 Å². The van der Waals surface area contributed by atoms with E-state index >= 15 is 0 Å². The molecule has 0 bridgehead atoms. The highest BCUT2D eigenvalue weighted by Crippen LogP contribution is 2.17. The molecular formula is C12H17N5S. The van der Waals surface area contributed by atoms with E-state index in [2.05, 4.69) is 31.0 Å². The first-order valence-electron chi connectivity index (χ1n) is 5.85. The van der Waals surface area contributed by atoms with Crippen LogP contribution in [-0.2, 0) is 6.42 Å². The van der Waals surface area contributed by atoms with Gasteiger partial charge < -0.3 is 10.6 Å². The van der Waals surface area contributed by atoms with Gasteiger partial charge in [0.15, 0.2) is 0 Å². The fraction of sp³-hybridized carbons (Fsp3) is 0.417. The lowest BCUT2D eigenvalue weighted by atomic mass is 10.3. The third-order valence-corrected chi connectivity index (χ3v) is 3.48. The minimum atomic E-state index is 0.824. The number of nitrogens with zero attached hydrogens (tertiary/aromatic N) is 3. The van der Waals surface area contributed by atoms with Crippen LogP contribution in [0.3, 0.4) is 0 Å². The second-order valence-electron chi connectivity index (χ2n) is 3.98. The van der Waals surface area contributed by atoms with Gasteiger partial charge in [0.25, 0.3) is 0 Å². The summed E-state index contributed by atoms with van der Waals surface area (Å²) in [5.74, 6) is 1.73. The number of aryl methyl sites for hydroxylation is 1. The molecule has 0 spiro atoms. The fourth-order valence-electron chi connectivity index (χ4n) is 1.71. The second-order valence-corrected chi connectivity index (χ2v) is 5.04. The molecule has 2 aromatic rings.